The summed E-state index contributed by atoms with van der Waals surface area (Å²) >= 11 is 0. The van der Waals surface area contributed by atoms with E-state index in [0.717, 1.165) is 24.3 Å². The number of aliphatic hydroxyl groups is 1. The van der Waals surface area contributed by atoms with Gasteiger partial charge in [0.05, 0.1) is 5.56 Å². The van der Waals surface area contributed by atoms with E-state index in [9.17, 15) is 22.0 Å². The third kappa shape index (κ3) is 3.06. The molecule has 0 heterocycles. The van der Waals surface area contributed by atoms with Crippen molar-refractivity contribution in [2.45, 2.75) is 12.3 Å². The average Bonchev–Trinajstić information content (AvgIpc) is 2.16. The molecule has 0 aliphatic heterocycles. The van der Waals surface area contributed by atoms with Gasteiger partial charge in [0.1, 0.15) is 12.4 Å². The normalized spacial score (nSPS) is 12.6. The summed E-state index contributed by atoms with van der Waals surface area (Å²) in [4.78, 5) is 0. The van der Waals surface area contributed by atoms with E-state index in [1.807, 2.05) is 0 Å². The van der Waals surface area contributed by atoms with E-state index in [4.69, 9.17) is 5.11 Å². The Hall–Kier alpha value is -1.37. The van der Waals surface area contributed by atoms with Gasteiger partial charge in [-0.1, -0.05) is 12.1 Å². The van der Waals surface area contributed by atoms with Crippen molar-refractivity contribution in [3.63, 3.8) is 0 Å². The van der Waals surface area contributed by atoms with E-state index in [0.29, 0.717) is 0 Å². The first kappa shape index (κ1) is 12.7. The molecular formula is C9H7F5O2. The molecule has 0 amide bonds. The Balaban J connectivity index is 3.11. The molecule has 0 aromatic heterocycles. The standard InChI is InChI=1S/C9H7F5O2/c10-8(11,5-15)6-3-1-2-4-7(6)16-9(12,13)14/h1-4,15H,5H2. The van der Waals surface area contributed by atoms with Crippen molar-refractivity contribution >= 4 is 0 Å². The fourth-order valence-corrected chi connectivity index (χ4v) is 1.07. The van der Waals surface area contributed by atoms with Gasteiger partial charge in [-0.25, -0.2) is 0 Å². The van der Waals surface area contributed by atoms with Crippen LogP contribution in [0, 0.1) is 0 Å². The Kier molecular flexibility index (Phi) is 3.37. The van der Waals surface area contributed by atoms with Crippen molar-refractivity contribution < 1.29 is 31.8 Å². The second-order valence-corrected chi connectivity index (χ2v) is 2.91. The summed E-state index contributed by atoms with van der Waals surface area (Å²) in [5.41, 5.74) is -1.00. The molecule has 7 heteroatoms. The zero-order valence-electron chi connectivity index (χ0n) is 7.76. The SMILES string of the molecule is OCC(F)(F)c1ccccc1OC(F)(F)F. The molecule has 1 aromatic rings. The second-order valence-electron chi connectivity index (χ2n) is 2.91. The van der Waals surface area contributed by atoms with Crippen molar-refractivity contribution in [3.05, 3.63) is 29.8 Å². The number of aliphatic hydroxyl groups excluding tert-OH is 1. The van der Waals surface area contributed by atoms with Crippen molar-refractivity contribution in [3.8, 4) is 5.75 Å². The van der Waals surface area contributed by atoms with Gasteiger partial charge >= 0.3 is 6.36 Å². The number of benzene rings is 1. The Bertz CT molecular complexity index is 361. The van der Waals surface area contributed by atoms with E-state index < -0.39 is 30.2 Å². The van der Waals surface area contributed by atoms with E-state index in [1.54, 1.807) is 0 Å². The van der Waals surface area contributed by atoms with Gasteiger partial charge in [-0.15, -0.1) is 13.2 Å². The minimum Gasteiger partial charge on any atom is -0.405 e. The minimum absolute atomic E-state index is 0.756. The molecule has 0 radical (unpaired) electrons. The first-order valence-corrected chi connectivity index (χ1v) is 4.10. The zero-order valence-corrected chi connectivity index (χ0v) is 7.76. The highest BCUT2D eigenvalue weighted by molar-refractivity contribution is 5.36. The number of halogens is 5. The molecular weight excluding hydrogens is 235 g/mol. The van der Waals surface area contributed by atoms with Gasteiger partial charge in [0.2, 0.25) is 0 Å². The van der Waals surface area contributed by atoms with Crippen molar-refractivity contribution in [1.82, 2.24) is 0 Å². The smallest absolute Gasteiger partial charge is 0.405 e. The molecule has 0 spiro atoms. The molecule has 0 aliphatic carbocycles. The number of rotatable bonds is 3. The fraction of sp³-hybridized carbons (Fsp3) is 0.333. The maximum absolute atomic E-state index is 13.0. The van der Waals surface area contributed by atoms with Gasteiger partial charge in [-0.3, -0.25) is 0 Å². The Morgan fingerprint density at radius 3 is 2.12 bits per heavy atom. The monoisotopic (exact) mass is 242 g/mol. The molecule has 0 bridgehead atoms. The Morgan fingerprint density at radius 2 is 1.62 bits per heavy atom. The van der Waals surface area contributed by atoms with Gasteiger partial charge in [-0.2, -0.15) is 8.78 Å². The highest BCUT2D eigenvalue weighted by atomic mass is 19.4. The topological polar surface area (TPSA) is 29.5 Å². The van der Waals surface area contributed by atoms with Crippen LogP contribution in [0.2, 0.25) is 0 Å². The van der Waals surface area contributed by atoms with Gasteiger partial charge in [-0.05, 0) is 12.1 Å². The Morgan fingerprint density at radius 1 is 1.06 bits per heavy atom. The highest BCUT2D eigenvalue weighted by Gasteiger charge is 2.38. The van der Waals surface area contributed by atoms with Gasteiger partial charge in [0, 0.05) is 0 Å². The lowest BCUT2D eigenvalue weighted by Gasteiger charge is -2.18. The number of alkyl halides is 5. The maximum Gasteiger partial charge on any atom is 0.573 e. The van der Waals surface area contributed by atoms with Crippen LogP contribution in [0.3, 0.4) is 0 Å². The summed E-state index contributed by atoms with van der Waals surface area (Å²) in [5, 5.41) is 8.38. The van der Waals surface area contributed by atoms with Gasteiger partial charge in [0.25, 0.3) is 5.92 Å². The first-order chi connectivity index (χ1) is 7.26. The van der Waals surface area contributed by atoms with E-state index in [1.165, 1.54) is 0 Å². The van der Waals surface area contributed by atoms with Crippen LogP contribution in [0.1, 0.15) is 5.56 Å². The van der Waals surface area contributed by atoms with Crippen LogP contribution in [0.4, 0.5) is 22.0 Å². The van der Waals surface area contributed by atoms with Crippen molar-refractivity contribution in [2.24, 2.45) is 0 Å². The van der Waals surface area contributed by atoms with Crippen LogP contribution in [0.5, 0.6) is 5.75 Å². The van der Waals surface area contributed by atoms with Gasteiger partial charge in [0.15, 0.2) is 0 Å². The molecule has 2 nitrogen and oxygen atoms in total. The van der Waals surface area contributed by atoms with Crippen LogP contribution in [-0.2, 0) is 5.92 Å². The molecule has 0 atom stereocenters. The second kappa shape index (κ2) is 4.25. The average molecular weight is 242 g/mol. The number of ether oxygens (including phenoxy) is 1. The van der Waals surface area contributed by atoms with Crippen molar-refractivity contribution in [1.29, 1.82) is 0 Å². The summed E-state index contributed by atoms with van der Waals surface area (Å²) in [6, 6.07) is 3.77. The highest BCUT2D eigenvalue weighted by Crippen LogP contribution is 2.36. The summed E-state index contributed by atoms with van der Waals surface area (Å²) in [6.07, 6.45) is -5.05. The van der Waals surface area contributed by atoms with Gasteiger partial charge < -0.3 is 9.84 Å². The van der Waals surface area contributed by atoms with Crippen LogP contribution in [0.25, 0.3) is 0 Å². The molecule has 0 saturated carbocycles. The fourth-order valence-electron chi connectivity index (χ4n) is 1.07. The van der Waals surface area contributed by atoms with Crippen LogP contribution in [-0.4, -0.2) is 18.1 Å². The lowest BCUT2D eigenvalue weighted by atomic mass is 10.1. The lowest BCUT2D eigenvalue weighted by Crippen LogP contribution is -2.23. The largest absolute Gasteiger partial charge is 0.573 e. The lowest BCUT2D eigenvalue weighted by molar-refractivity contribution is -0.275. The summed E-state index contributed by atoms with van der Waals surface area (Å²) in [5.74, 6) is -4.80. The molecule has 0 unspecified atom stereocenters. The summed E-state index contributed by atoms with van der Waals surface area (Å²) < 4.78 is 65.1. The number of para-hydroxylation sites is 1. The minimum atomic E-state index is -5.05. The Labute approximate surface area is 87.3 Å². The van der Waals surface area contributed by atoms with Crippen LogP contribution in [0.15, 0.2) is 24.3 Å². The number of hydrogen-bond donors (Lipinski definition) is 1. The quantitative estimate of drug-likeness (QED) is 0.825. The van der Waals surface area contributed by atoms with E-state index in [2.05, 4.69) is 4.74 Å². The third-order valence-electron chi connectivity index (χ3n) is 1.71. The van der Waals surface area contributed by atoms with E-state index >= 15 is 0 Å². The molecule has 90 valence electrons. The molecule has 0 fully saturated rings. The molecule has 16 heavy (non-hydrogen) atoms. The first-order valence-electron chi connectivity index (χ1n) is 4.10. The predicted octanol–water partition coefficient (Wildman–Crippen LogP) is 2.67. The van der Waals surface area contributed by atoms with Crippen molar-refractivity contribution in [2.75, 3.05) is 6.61 Å². The van der Waals surface area contributed by atoms with Crippen LogP contribution >= 0.6 is 0 Å². The predicted molar refractivity (Wildman–Crippen MR) is 44.1 cm³/mol. The summed E-state index contributed by atoms with van der Waals surface area (Å²) in [7, 11) is 0. The molecule has 0 aliphatic rings. The maximum atomic E-state index is 13.0. The van der Waals surface area contributed by atoms with E-state index in [-0.39, 0.29) is 0 Å². The molecule has 1 N–H and O–H groups in total. The third-order valence-corrected chi connectivity index (χ3v) is 1.71. The number of hydrogen-bond acceptors (Lipinski definition) is 2. The van der Waals surface area contributed by atoms with Crippen LogP contribution < -0.4 is 4.74 Å². The zero-order chi connectivity index (χ0) is 12.4. The molecule has 1 aromatic carbocycles. The molecule has 0 saturated heterocycles. The summed E-state index contributed by atoms with van der Waals surface area (Å²) in [6.45, 7) is -1.59. The molecule has 1 rings (SSSR count).